The number of furan rings is 2. The maximum Gasteiger partial charge on any atom is 0.417 e. The van der Waals surface area contributed by atoms with Crippen LogP contribution in [-0.4, -0.2) is 15.9 Å². The van der Waals surface area contributed by atoms with Gasteiger partial charge in [-0.05, 0) is 18.2 Å². The van der Waals surface area contributed by atoms with Crippen molar-refractivity contribution in [3.8, 4) is 11.1 Å². The summed E-state index contributed by atoms with van der Waals surface area (Å²) in [6, 6.07) is 3.48. The van der Waals surface area contributed by atoms with E-state index in [0.29, 0.717) is 12.1 Å². The number of hydrogen-bond acceptors (Lipinski definition) is 6. The van der Waals surface area contributed by atoms with Crippen LogP contribution in [-0.2, 0) is 6.18 Å². The molecule has 0 aliphatic rings. The van der Waals surface area contributed by atoms with Crippen LogP contribution in [0, 0.1) is 11.6 Å². The summed E-state index contributed by atoms with van der Waals surface area (Å²) in [4.78, 5) is 20.5. The van der Waals surface area contributed by atoms with Crippen molar-refractivity contribution in [2.45, 2.75) is 6.18 Å². The van der Waals surface area contributed by atoms with Gasteiger partial charge in [0.05, 0.1) is 27.2 Å². The third-order valence-corrected chi connectivity index (χ3v) is 5.54. The van der Waals surface area contributed by atoms with E-state index in [2.05, 4.69) is 9.97 Å². The van der Waals surface area contributed by atoms with Crippen molar-refractivity contribution < 1.29 is 35.6 Å². The quantitative estimate of drug-likeness (QED) is 0.272. The maximum atomic E-state index is 15.3. The van der Waals surface area contributed by atoms with E-state index in [9.17, 15) is 22.4 Å². The molecule has 2 aromatic carbocycles. The van der Waals surface area contributed by atoms with E-state index in [-0.39, 0.29) is 44.6 Å². The number of carbonyl (C=O) groups is 1. The highest BCUT2D eigenvalue weighted by Gasteiger charge is 2.34. The zero-order valence-corrected chi connectivity index (χ0v) is 17.8. The van der Waals surface area contributed by atoms with Crippen LogP contribution in [0.5, 0.6) is 0 Å². The first-order valence-electron chi connectivity index (χ1n) is 9.61. The Morgan fingerprint density at radius 3 is 2.57 bits per heavy atom. The van der Waals surface area contributed by atoms with Gasteiger partial charge in [0.25, 0.3) is 5.91 Å². The first-order chi connectivity index (χ1) is 16.6. The highest BCUT2D eigenvalue weighted by Crippen LogP contribution is 2.39. The number of nitrogens with two attached hydrogens (primary N) is 1. The lowest BCUT2D eigenvalue weighted by molar-refractivity contribution is -0.137. The summed E-state index contributed by atoms with van der Waals surface area (Å²) in [5.74, 6) is -3.04. The van der Waals surface area contributed by atoms with Crippen LogP contribution < -0.4 is 11.1 Å². The fraction of sp³-hybridized carbons (Fsp3) is 0.0455. The number of aromatic nitrogens is 2. The normalized spacial score (nSPS) is 11.9. The van der Waals surface area contributed by atoms with Crippen LogP contribution in [0.1, 0.15) is 15.9 Å². The number of fused-ring (bicyclic) bond motifs is 2. The second kappa shape index (κ2) is 7.94. The zero-order chi connectivity index (χ0) is 25.1. The lowest BCUT2D eigenvalue weighted by atomic mass is 10.0. The molecule has 0 bridgehead atoms. The molecule has 0 saturated heterocycles. The number of alkyl halides is 3. The predicted molar refractivity (Wildman–Crippen MR) is 116 cm³/mol. The molecule has 13 heteroatoms. The van der Waals surface area contributed by atoms with Crippen LogP contribution in [0.25, 0.3) is 33.2 Å². The van der Waals surface area contributed by atoms with Gasteiger partial charge >= 0.3 is 6.18 Å². The molecule has 0 unspecified atom stereocenters. The smallest absolute Gasteiger partial charge is 0.417 e. The molecule has 3 N–H and O–H groups in total. The number of hydrogen-bond donors (Lipinski definition) is 2. The molecule has 0 fully saturated rings. The standard InChI is InChI=1S/C22H10ClF5N4O3/c23-13-4-14(24)15(3-12(13)22(26,27)28)32-20(33)11-6-34-18-9(11)2-1-8(17(18)25)10-5-35-21-16(10)19(29)30-7-31-21/h1-7H,(H,32,33)(H2,29,30,31). The van der Waals surface area contributed by atoms with Gasteiger partial charge in [0.15, 0.2) is 11.4 Å². The topological polar surface area (TPSA) is 107 Å². The highest BCUT2D eigenvalue weighted by atomic mass is 35.5. The SMILES string of the molecule is Nc1ncnc2occ(-c3ccc4c(C(=O)Nc5cc(C(F)(F)F)c(Cl)cc5F)coc4c3F)c12. The summed E-state index contributed by atoms with van der Waals surface area (Å²) < 4.78 is 79.4. The summed E-state index contributed by atoms with van der Waals surface area (Å²) in [5.41, 5.74) is 3.57. The summed E-state index contributed by atoms with van der Waals surface area (Å²) in [7, 11) is 0. The second-order valence-corrected chi connectivity index (χ2v) is 7.71. The lowest BCUT2D eigenvalue weighted by Gasteiger charge is -2.12. The average molecular weight is 509 g/mol. The number of halogens is 6. The Bertz CT molecular complexity index is 1640. The predicted octanol–water partition coefficient (Wildman–Crippen LogP) is 6.42. The first-order valence-corrected chi connectivity index (χ1v) is 9.99. The van der Waals surface area contributed by atoms with E-state index in [4.69, 9.17) is 26.2 Å². The van der Waals surface area contributed by atoms with Gasteiger partial charge in [0, 0.05) is 16.5 Å². The Morgan fingerprint density at radius 2 is 1.83 bits per heavy atom. The molecule has 178 valence electrons. The van der Waals surface area contributed by atoms with E-state index >= 15 is 4.39 Å². The summed E-state index contributed by atoms with van der Waals surface area (Å²) in [6.07, 6.45) is -1.56. The van der Waals surface area contributed by atoms with Crippen LogP contribution in [0.15, 0.2) is 52.0 Å². The molecule has 0 aliphatic carbocycles. The van der Waals surface area contributed by atoms with Gasteiger partial charge in [0.2, 0.25) is 5.71 Å². The summed E-state index contributed by atoms with van der Waals surface area (Å²) >= 11 is 5.47. The van der Waals surface area contributed by atoms with Gasteiger partial charge in [-0.15, -0.1) is 0 Å². The molecule has 0 radical (unpaired) electrons. The third kappa shape index (κ3) is 3.71. The number of anilines is 2. The van der Waals surface area contributed by atoms with Crippen molar-refractivity contribution in [3.05, 3.63) is 70.9 Å². The van der Waals surface area contributed by atoms with Crippen molar-refractivity contribution in [1.29, 1.82) is 0 Å². The van der Waals surface area contributed by atoms with Gasteiger partial charge in [-0.1, -0.05) is 17.7 Å². The van der Waals surface area contributed by atoms with Gasteiger partial charge in [-0.3, -0.25) is 4.79 Å². The molecular formula is C22H10ClF5N4O3. The number of rotatable bonds is 3. The van der Waals surface area contributed by atoms with E-state index in [1.165, 1.54) is 24.7 Å². The number of nitrogens with zero attached hydrogens (tertiary/aromatic N) is 2. The van der Waals surface area contributed by atoms with Crippen molar-refractivity contribution >= 4 is 51.1 Å². The number of nitrogens with one attached hydrogen (secondary N) is 1. The minimum absolute atomic E-state index is 0.00816. The largest absolute Gasteiger partial charge is 0.460 e. The third-order valence-electron chi connectivity index (χ3n) is 5.23. The van der Waals surface area contributed by atoms with Gasteiger partial charge < -0.3 is 19.9 Å². The average Bonchev–Trinajstić information content (AvgIpc) is 3.41. The Kier molecular flexibility index (Phi) is 5.13. The second-order valence-electron chi connectivity index (χ2n) is 7.31. The molecule has 3 heterocycles. The van der Waals surface area contributed by atoms with Gasteiger partial charge in [-0.25, -0.2) is 18.7 Å². The molecular weight excluding hydrogens is 499 g/mol. The Labute approximate surface area is 196 Å². The molecule has 0 saturated carbocycles. The van der Waals surface area contributed by atoms with Crippen molar-refractivity contribution in [2.24, 2.45) is 0 Å². The zero-order valence-electron chi connectivity index (χ0n) is 17.0. The number of nitrogen functional groups attached to an aromatic ring is 1. The highest BCUT2D eigenvalue weighted by molar-refractivity contribution is 6.31. The fourth-order valence-electron chi connectivity index (χ4n) is 3.60. The molecule has 0 atom stereocenters. The molecule has 1 amide bonds. The molecule has 5 aromatic rings. The Balaban J connectivity index is 1.54. The van der Waals surface area contributed by atoms with Crippen LogP contribution in [0.4, 0.5) is 33.5 Å². The maximum absolute atomic E-state index is 15.3. The number of amides is 1. The van der Waals surface area contributed by atoms with Crippen molar-refractivity contribution in [3.63, 3.8) is 0 Å². The Morgan fingerprint density at radius 1 is 1.06 bits per heavy atom. The monoisotopic (exact) mass is 508 g/mol. The van der Waals surface area contributed by atoms with E-state index in [0.717, 1.165) is 6.26 Å². The number of benzene rings is 2. The molecule has 0 spiro atoms. The van der Waals surface area contributed by atoms with Crippen molar-refractivity contribution in [1.82, 2.24) is 9.97 Å². The van der Waals surface area contributed by atoms with Gasteiger partial charge in [-0.2, -0.15) is 13.2 Å². The summed E-state index contributed by atoms with van der Waals surface area (Å²) in [5, 5.41) is 1.43. The van der Waals surface area contributed by atoms with E-state index in [1.54, 1.807) is 0 Å². The Hall–Kier alpha value is -4.19. The van der Waals surface area contributed by atoms with E-state index in [1.807, 2.05) is 5.32 Å². The van der Waals surface area contributed by atoms with Crippen LogP contribution in [0.2, 0.25) is 5.02 Å². The molecule has 7 nitrogen and oxygen atoms in total. The van der Waals surface area contributed by atoms with Crippen molar-refractivity contribution in [2.75, 3.05) is 11.1 Å². The summed E-state index contributed by atoms with van der Waals surface area (Å²) in [6.45, 7) is 0. The van der Waals surface area contributed by atoms with Gasteiger partial charge in [0.1, 0.15) is 30.5 Å². The van der Waals surface area contributed by atoms with E-state index < -0.39 is 40.0 Å². The fourth-order valence-corrected chi connectivity index (χ4v) is 3.85. The van der Waals surface area contributed by atoms with Crippen LogP contribution in [0.3, 0.4) is 0 Å². The molecule has 5 rings (SSSR count). The molecule has 35 heavy (non-hydrogen) atoms. The molecule has 3 aromatic heterocycles. The lowest BCUT2D eigenvalue weighted by Crippen LogP contribution is -2.14. The first kappa shape index (κ1) is 22.6. The number of carbonyl (C=O) groups excluding carboxylic acids is 1. The minimum Gasteiger partial charge on any atom is -0.460 e. The van der Waals surface area contributed by atoms with Crippen LogP contribution >= 0.6 is 11.6 Å². The minimum atomic E-state index is -4.88. The molecule has 0 aliphatic heterocycles.